The van der Waals surface area contributed by atoms with Crippen molar-refractivity contribution in [3.8, 4) is 0 Å². The SMILES string of the molecule is CCOC(=O)CCC(=O)Nc1ccccc1SC(F)F. The molecule has 1 aromatic carbocycles. The number of anilines is 1. The van der Waals surface area contributed by atoms with Gasteiger partial charge in [-0.3, -0.25) is 9.59 Å². The standard InChI is InChI=1S/C13H15F2NO3S/c1-2-19-12(18)8-7-11(17)16-9-5-3-4-6-10(9)20-13(14)15/h3-6,13H,2,7-8H2,1H3,(H,16,17). The summed E-state index contributed by atoms with van der Waals surface area (Å²) in [6.07, 6.45) is -0.0870. The number of thioether (sulfide) groups is 1. The Morgan fingerprint density at radius 1 is 1.30 bits per heavy atom. The number of carbonyl (C=O) groups is 2. The molecule has 0 bridgehead atoms. The van der Waals surface area contributed by atoms with E-state index in [1.54, 1.807) is 19.1 Å². The summed E-state index contributed by atoms with van der Waals surface area (Å²) in [5.74, 6) is -3.44. The molecule has 0 aliphatic rings. The van der Waals surface area contributed by atoms with Crippen LogP contribution in [-0.2, 0) is 14.3 Å². The van der Waals surface area contributed by atoms with Crippen LogP contribution in [0.1, 0.15) is 19.8 Å². The minimum Gasteiger partial charge on any atom is -0.466 e. The van der Waals surface area contributed by atoms with Crippen LogP contribution < -0.4 is 5.32 Å². The van der Waals surface area contributed by atoms with E-state index in [0.29, 0.717) is 17.4 Å². The van der Waals surface area contributed by atoms with Crippen molar-refractivity contribution < 1.29 is 23.1 Å². The van der Waals surface area contributed by atoms with Gasteiger partial charge in [0.1, 0.15) is 0 Å². The van der Waals surface area contributed by atoms with Crippen molar-refractivity contribution in [3.63, 3.8) is 0 Å². The molecule has 7 heteroatoms. The van der Waals surface area contributed by atoms with E-state index in [9.17, 15) is 18.4 Å². The second-order valence-corrected chi connectivity index (χ2v) is 4.76. The molecule has 0 radical (unpaired) electrons. The Labute approximate surface area is 119 Å². The summed E-state index contributed by atoms with van der Waals surface area (Å²) in [6, 6.07) is 6.28. The smallest absolute Gasteiger partial charge is 0.306 e. The lowest BCUT2D eigenvalue weighted by molar-refractivity contribution is -0.144. The van der Waals surface area contributed by atoms with Gasteiger partial charge in [-0.05, 0) is 19.1 Å². The molecule has 1 rings (SSSR count). The monoisotopic (exact) mass is 303 g/mol. The number of carbonyl (C=O) groups excluding carboxylic acids is 2. The van der Waals surface area contributed by atoms with Crippen LogP contribution in [0.15, 0.2) is 29.2 Å². The number of rotatable bonds is 7. The summed E-state index contributed by atoms with van der Waals surface area (Å²) >= 11 is 0.360. The highest BCUT2D eigenvalue weighted by molar-refractivity contribution is 7.99. The number of ether oxygens (including phenoxy) is 1. The van der Waals surface area contributed by atoms with Crippen molar-refractivity contribution in [2.24, 2.45) is 0 Å². The van der Waals surface area contributed by atoms with Crippen molar-refractivity contribution in [1.82, 2.24) is 0 Å². The number of para-hydroxylation sites is 1. The highest BCUT2D eigenvalue weighted by Crippen LogP contribution is 2.31. The van der Waals surface area contributed by atoms with Gasteiger partial charge in [-0.2, -0.15) is 8.78 Å². The molecule has 0 aromatic heterocycles. The van der Waals surface area contributed by atoms with Crippen LogP contribution in [0.2, 0.25) is 0 Å². The van der Waals surface area contributed by atoms with E-state index >= 15 is 0 Å². The molecule has 0 heterocycles. The van der Waals surface area contributed by atoms with Gasteiger partial charge < -0.3 is 10.1 Å². The van der Waals surface area contributed by atoms with Gasteiger partial charge in [-0.1, -0.05) is 23.9 Å². The van der Waals surface area contributed by atoms with Gasteiger partial charge in [0.25, 0.3) is 5.76 Å². The van der Waals surface area contributed by atoms with Crippen LogP contribution in [0.25, 0.3) is 0 Å². The molecule has 1 aromatic rings. The number of halogens is 2. The molecular formula is C13H15F2NO3S. The van der Waals surface area contributed by atoms with Crippen LogP contribution in [0, 0.1) is 0 Å². The second kappa shape index (κ2) is 8.52. The van der Waals surface area contributed by atoms with Gasteiger partial charge in [0.05, 0.1) is 18.7 Å². The maximum Gasteiger partial charge on any atom is 0.306 e. The van der Waals surface area contributed by atoms with Gasteiger partial charge in [-0.15, -0.1) is 0 Å². The Kier molecular flexibility index (Phi) is 7.00. The summed E-state index contributed by atoms with van der Waals surface area (Å²) in [7, 11) is 0. The molecule has 110 valence electrons. The van der Waals surface area contributed by atoms with Gasteiger partial charge in [-0.25, -0.2) is 0 Å². The fourth-order valence-electron chi connectivity index (χ4n) is 1.43. The summed E-state index contributed by atoms with van der Waals surface area (Å²) < 4.78 is 29.4. The number of amides is 1. The molecule has 4 nitrogen and oxygen atoms in total. The lowest BCUT2D eigenvalue weighted by Gasteiger charge is -2.10. The maximum atomic E-state index is 12.4. The Hall–Kier alpha value is -1.63. The third kappa shape index (κ3) is 6.01. The molecule has 20 heavy (non-hydrogen) atoms. The highest BCUT2D eigenvalue weighted by atomic mass is 32.2. The third-order valence-corrected chi connectivity index (χ3v) is 3.03. The minimum atomic E-state index is -2.56. The van der Waals surface area contributed by atoms with Crippen LogP contribution in [0.4, 0.5) is 14.5 Å². The number of nitrogens with one attached hydrogen (secondary N) is 1. The van der Waals surface area contributed by atoms with E-state index in [0.717, 1.165) is 0 Å². The largest absolute Gasteiger partial charge is 0.466 e. The van der Waals surface area contributed by atoms with Crippen LogP contribution in [0.3, 0.4) is 0 Å². The fourth-order valence-corrected chi connectivity index (χ4v) is 2.03. The van der Waals surface area contributed by atoms with Gasteiger partial charge in [0, 0.05) is 11.3 Å². The average Bonchev–Trinajstić information content (AvgIpc) is 2.38. The molecule has 0 fully saturated rings. The first-order valence-corrected chi connectivity index (χ1v) is 6.90. The summed E-state index contributed by atoms with van der Waals surface area (Å²) in [6.45, 7) is 1.93. The zero-order chi connectivity index (χ0) is 15.0. The molecule has 0 aliphatic heterocycles. The predicted molar refractivity (Wildman–Crippen MR) is 72.8 cm³/mol. The van der Waals surface area contributed by atoms with Crippen molar-refractivity contribution in [1.29, 1.82) is 0 Å². The fraction of sp³-hybridized carbons (Fsp3) is 0.385. The molecular weight excluding hydrogens is 288 g/mol. The summed E-state index contributed by atoms with van der Waals surface area (Å²) in [5, 5.41) is 2.51. The van der Waals surface area contributed by atoms with E-state index in [4.69, 9.17) is 4.74 Å². The maximum absolute atomic E-state index is 12.4. The van der Waals surface area contributed by atoms with E-state index in [1.807, 2.05) is 0 Å². The molecule has 0 unspecified atom stereocenters. The van der Waals surface area contributed by atoms with Crippen molar-refractivity contribution in [3.05, 3.63) is 24.3 Å². The van der Waals surface area contributed by atoms with Gasteiger partial charge in [0.15, 0.2) is 0 Å². The molecule has 0 atom stereocenters. The van der Waals surface area contributed by atoms with Crippen LogP contribution in [0.5, 0.6) is 0 Å². The first kappa shape index (κ1) is 16.4. The van der Waals surface area contributed by atoms with Crippen molar-refractivity contribution >= 4 is 29.3 Å². The zero-order valence-electron chi connectivity index (χ0n) is 10.9. The number of benzene rings is 1. The number of alkyl halides is 2. The molecule has 0 spiro atoms. The van der Waals surface area contributed by atoms with E-state index in [-0.39, 0.29) is 24.3 Å². The molecule has 1 N–H and O–H groups in total. The van der Waals surface area contributed by atoms with Crippen molar-refractivity contribution in [2.75, 3.05) is 11.9 Å². The van der Waals surface area contributed by atoms with Gasteiger partial charge in [0.2, 0.25) is 5.91 Å². The van der Waals surface area contributed by atoms with Crippen molar-refractivity contribution in [2.45, 2.75) is 30.4 Å². The Balaban J connectivity index is 2.55. The molecule has 1 amide bonds. The minimum absolute atomic E-state index is 0.0379. The molecule has 0 saturated carbocycles. The normalized spacial score (nSPS) is 10.4. The van der Waals surface area contributed by atoms with E-state index in [2.05, 4.69) is 5.32 Å². The topological polar surface area (TPSA) is 55.4 Å². The van der Waals surface area contributed by atoms with Gasteiger partial charge >= 0.3 is 5.97 Å². The van der Waals surface area contributed by atoms with Crippen LogP contribution >= 0.6 is 11.8 Å². The quantitative estimate of drug-likeness (QED) is 0.620. The Morgan fingerprint density at radius 3 is 2.65 bits per heavy atom. The highest BCUT2D eigenvalue weighted by Gasteiger charge is 2.12. The third-order valence-electron chi connectivity index (χ3n) is 2.24. The predicted octanol–water partition coefficient (Wildman–Crippen LogP) is 3.28. The number of esters is 1. The first-order valence-electron chi connectivity index (χ1n) is 6.02. The van der Waals surface area contributed by atoms with E-state index in [1.165, 1.54) is 12.1 Å². The Morgan fingerprint density at radius 2 is 2.00 bits per heavy atom. The first-order chi connectivity index (χ1) is 9.52. The number of hydrogen-bond donors (Lipinski definition) is 1. The lowest BCUT2D eigenvalue weighted by Crippen LogP contribution is -2.15. The Bertz CT molecular complexity index is 469. The zero-order valence-corrected chi connectivity index (χ0v) is 11.7. The van der Waals surface area contributed by atoms with Crippen LogP contribution in [-0.4, -0.2) is 24.2 Å². The summed E-state index contributed by atoms with van der Waals surface area (Å²) in [4.78, 5) is 23.0. The molecule has 0 aliphatic carbocycles. The lowest BCUT2D eigenvalue weighted by atomic mass is 10.2. The average molecular weight is 303 g/mol. The van der Waals surface area contributed by atoms with E-state index < -0.39 is 17.6 Å². The number of hydrogen-bond acceptors (Lipinski definition) is 4. The summed E-state index contributed by atoms with van der Waals surface area (Å²) in [5.41, 5.74) is 0.312. The second-order valence-electron chi connectivity index (χ2n) is 3.73. The molecule has 0 saturated heterocycles.